The average molecular weight is 394 g/mol. The Bertz CT molecular complexity index is 770. The molecule has 152 valence electrons. The Morgan fingerprint density at radius 2 is 1.43 bits per heavy atom. The number of nitrogens with zero attached hydrogens (tertiary/aromatic N) is 2. The minimum absolute atomic E-state index is 0.603. The van der Waals surface area contributed by atoms with Crippen LogP contribution in [0.4, 0.5) is 13.2 Å². The maximum Gasteiger partial charge on any atom is 0.416 e. The Balaban J connectivity index is 1.54. The van der Waals surface area contributed by atoms with Gasteiger partial charge in [-0.05, 0) is 23.8 Å². The molecule has 1 saturated heterocycles. The second-order valence-electron chi connectivity index (χ2n) is 6.90. The molecule has 0 bridgehead atoms. The summed E-state index contributed by atoms with van der Waals surface area (Å²) in [5.74, 6) is 1.48. The number of halogens is 3. The fourth-order valence-electron chi connectivity index (χ4n) is 3.48. The van der Waals surface area contributed by atoms with E-state index in [2.05, 4.69) is 9.80 Å². The molecule has 0 amide bonds. The van der Waals surface area contributed by atoms with Crippen molar-refractivity contribution in [2.24, 2.45) is 0 Å². The van der Waals surface area contributed by atoms with Gasteiger partial charge in [0.1, 0.15) is 0 Å². The summed E-state index contributed by atoms with van der Waals surface area (Å²) in [5, 5.41) is 0. The third-order valence-electron chi connectivity index (χ3n) is 5.03. The number of alkyl halides is 3. The van der Waals surface area contributed by atoms with Gasteiger partial charge in [-0.25, -0.2) is 0 Å². The van der Waals surface area contributed by atoms with E-state index >= 15 is 0 Å². The number of benzene rings is 2. The molecule has 1 fully saturated rings. The molecule has 0 radical (unpaired) electrons. The molecule has 0 N–H and O–H groups in total. The molecular weight excluding hydrogens is 369 g/mol. The molecule has 0 aliphatic carbocycles. The van der Waals surface area contributed by atoms with Crippen molar-refractivity contribution in [3.05, 3.63) is 59.2 Å². The number of para-hydroxylation sites is 1. The van der Waals surface area contributed by atoms with Crippen molar-refractivity contribution in [3.8, 4) is 11.5 Å². The standard InChI is InChI=1S/C21H25F3N2O2/c1-27-19-5-3-4-17(20(19)28-2)15-26-12-10-25(11-13-26)14-16-6-8-18(9-7-16)21(22,23)24/h3-9H,10-15H2,1-2H3. The molecule has 7 heteroatoms. The molecule has 0 atom stereocenters. The summed E-state index contributed by atoms with van der Waals surface area (Å²) in [7, 11) is 3.27. The van der Waals surface area contributed by atoms with Gasteiger partial charge in [-0.2, -0.15) is 13.2 Å². The SMILES string of the molecule is COc1cccc(CN2CCN(Cc3ccc(C(F)(F)F)cc3)CC2)c1OC. The molecule has 1 aliphatic heterocycles. The topological polar surface area (TPSA) is 24.9 Å². The van der Waals surface area contributed by atoms with Crippen molar-refractivity contribution < 1.29 is 22.6 Å². The van der Waals surface area contributed by atoms with E-state index in [4.69, 9.17) is 9.47 Å². The molecule has 0 unspecified atom stereocenters. The van der Waals surface area contributed by atoms with Crippen LogP contribution in [0.25, 0.3) is 0 Å². The predicted molar refractivity (Wildman–Crippen MR) is 102 cm³/mol. The molecule has 2 aromatic carbocycles. The lowest BCUT2D eigenvalue weighted by atomic mass is 10.1. The van der Waals surface area contributed by atoms with Crippen LogP contribution in [0.15, 0.2) is 42.5 Å². The summed E-state index contributed by atoms with van der Waals surface area (Å²) >= 11 is 0. The molecule has 0 aromatic heterocycles. The van der Waals surface area contributed by atoms with E-state index in [0.29, 0.717) is 6.54 Å². The summed E-state index contributed by atoms with van der Waals surface area (Å²) in [6.45, 7) is 4.95. The summed E-state index contributed by atoms with van der Waals surface area (Å²) in [5.41, 5.74) is 1.38. The highest BCUT2D eigenvalue weighted by atomic mass is 19.4. The smallest absolute Gasteiger partial charge is 0.416 e. The molecular formula is C21H25F3N2O2. The van der Waals surface area contributed by atoms with Crippen molar-refractivity contribution >= 4 is 0 Å². The van der Waals surface area contributed by atoms with Gasteiger partial charge in [-0.1, -0.05) is 24.3 Å². The van der Waals surface area contributed by atoms with Gasteiger partial charge >= 0.3 is 6.18 Å². The Labute approximate surface area is 163 Å². The number of hydrogen-bond acceptors (Lipinski definition) is 4. The quantitative estimate of drug-likeness (QED) is 0.738. The van der Waals surface area contributed by atoms with Crippen molar-refractivity contribution in [2.45, 2.75) is 19.3 Å². The van der Waals surface area contributed by atoms with Gasteiger partial charge in [0.2, 0.25) is 0 Å². The van der Waals surface area contributed by atoms with Crippen LogP contribution in [-0.4, -0.2) is 50.2 Å². The normalized spacial score (nSPS) is 16.2. The summed E-state index contributed by atoms with van der Waals surface area (Å²) in [4.78, 5) is 4.61. The summed E-state index contributed by atoms with van der Waals surface area (Å²) in [6, 6.07) is 11.3. The zero-order valence-electron chi connectivity index (χ0n) is 16.1. The van der Waals surface area contributed by atoms with Crippen LogP contribution in [-0.2, 0) is 19.3 Å². The molecule has 28 heavy (non-hydrogen) atoms. The van der Waals surface area contributed by atoms with Crippen LogP contribution in [0.2, 0.25) is 0 Å². The average Bonchev–Trinajstić information content (AvgIpc) is 2.69. The van der Waals surface area contributed by atoms with E-state index in [9.17, 15) is 13.2 Å². The van der Waals surface area contributed by atoms with Gasteiger partial charge in [0.05, 0.1) is 19.8 Å². The van der Waals surface area contributed by atoms with Crippen molar-refractivity contribution in [2.75, 3.05) is 40.4 Å². The zero-order chi connectivity index (χ0) is 20.1. The number of rotatable bonds is 6. The van der Waals surface area contributed by atoms with Gasteiger partial charge < -0.3 is 9.47 Å². The lowest BCUT2D eigenvalue weighted by molar-refractivity contribution is -0.137. The van der Waals surface area contributed by atoms with E-state index in [0.717, 1.165) is 67.5 Å². The largest absolute Gasteiger partial charge is 0.493 e. The minimum atomic E-state index is -4.29. The number of ether oxygens (including phenoxy) is 2. The van der Waals surface area contributed by atoms with E-state index in [1.54, 1.807) is 26.4 Å². The maximum absolute atomic E-state index is 12.7. The van der Waals surface area contributed by atoms with E-state index in [1.807, 2.05) is 18.2 Å². The van der Waals surface area contributed by atoms with Crippen LogP contribution in [0, 0.1) is 0 Å². The van der Waals surface area contributed by atoms with Crippen LogP contribution in [0.1, 0.15) is 16.7 Å². The summed E-state index contributed by atoms with van der Waals surface area (Å²) in [6.07, 6.45) is -4.29. The molecule has 3 rings (SSSR count). The van der Waals surface area contributed by atoms with Gasteiger partial charge in [0.25, 0.3) is 0 Å². The predicted octanol–water partition coefficient (Wildman–Crippen LogP) is 4.04. The van der Waals surface area contributed by atoms with Crippen LogP contribution >= 0.6 is 0 Å². The number of piperazine rings is 1. The first kappa shape index (κ1) is 20.5. The molecule has 2 aromatic rings. The molecule has 1 aliphatic rings. The van der Waals surface area contributed by atoms with Gasteiger partial charge in [0, 0.05) is 44.8 Å². The molecule has 4 nitrogen and oxygen atoms in total. The fourth-order valence-corrected chi connectivity index (χ4v) is 3.48. The highest BCUT2D eigenvalue weighted by molar-refractivity contribution is 5.46. The summed E-state index contributed by atoms with van der Waals surface area (Å²) < 4.78 is 48.9. The Hall–Kier alpha value is -2.25. The first-order chi connectivity index (χ1) is 13.4. The Morgan fingerprint density at radius 1 is 0.821 bits per heavy atom. The first-order valence-corrected chi connectivity index (χ1v) is 9.21. The fraction of sp³-hybridized carbons (Fsp3) is 0.429. The monoisotopic (exact) mass is 394 g/mol. The van der Waals surface area contributed by atoms with E-state index < -0.39 is 11.7 Å². The lowest BCUT2D eigenvalue weighted by Gasteiger charge is -2.35. The Morgan fingerprint density at radius 3 is 1.96 bits per heavy atom. The third kappa shape index (κ3) is 4.97. The number of hydrogen-bond donors (Lipinski definition) is 0. The third-order valence-corrected chi connectivity index (χ3v) is 5.03. The first-order valence-electron chi connectivity index (χ1n) is 9.21. The van der Waals surface area contributed by atoms with Crippen molar-refractivity contribution in [3.63, 3.8) is 0 Å². The van der Waals surface area contributed by atoms with Crippen LogP contribution < -0.4 is 9.47 Å². The molecule has 0 spiro atoms. The zero-order valence-corrected chi connectivity index (χ0v) is 16.1. The highest BCUT2D eigenvalue weighted by Crippen LogP contribution is 2.32. The lowest BCUT2D eigenvalue weighted by Crippen LogP contribution is -2.45. The Kier molecular flexibility index (Phi) is 6.46. The van der Waals surface area contributed by atoms with Gasteiger partial charge in [-0.15, -0.1) is 0 Å². The van der Waals surface area contributed by atoms with Crippen molar-refractivity contribution in [1.82, 2.24) is 9.80 Å². The van der Waals surface area contributed by atoms with Crippen LogP contribution in [0.5, 0.6) is 11.5 Å². The number of methoxy groups -OCH3 is 2. The second kappa shape index (κ2) is 8.84. The highest BCUT2D eigenvalue weighted by Gasteiger charge is 2.30. The van der Waals surface area contributed by atoms with Gasteiger partial charge in [-0.3, -0.25) is 9.80 Å². The molecule has 0 saturated carbocycles. The molecule has 1 heterocycles. The van der Waals surface area contributed by atoms with Crippen LogP contribution in [0.3, 0.4) is 0 Å². The minimum Gasteiger partial charge on any atom is -0.493 e. The second-order valence-corrected chi connectivity index (χ2v) is 6.90. The maximum atomic E-state index is 12.7. The van der Waals surface area contributed by atoms with E-state index in [1.165, 1.54) is 0 Å². The van der Waals surface area contributed by atoms with E-state index in [-0.39, 0.29) is 0 Å². The van der Waals surface area contributed by atoms with Gasteiger partial charge in [0.15, 0.2) is 11.5 Å². The van der Waals surface area contributed by atoms with Crippen molar-refractivity contribution in [1.29, 1.82) is 0 Å².